The van der Waals surface area contributed by atoms with Gasteiger partial charge in [-0.15, -0.1) is 0 Å². The van der Waals surface area contributed by atoms with Crippen LogP contribution in [0.25, 0.3) is 0 Å². The first-order valence-corrected chi connectivity index (χ1v) is 8.44. The highest BCUT2D eigenvalue weighted by Gasteiger charge is 2.05. The Hall–Kier alpha value is -1.51. The molecule has 0 aliphatic heterocycles. The van der Waals surface area contributed by atoms with Crippen molar-refractivity contribution in [3.8, 4) is 0 Å². The van der Waals surface area contributed by atoms with Crippen LogP contribution < -0.4 is 5.73 Å². The number of halogens is 3. The van der Waals surface area contributed by atoms with Gasteiger partial charge in [-0.1, -0.05) is 30.6 Å². The van der Waals surface area contributed by atoms with Crippen LogP contribution in [-0.4, -0.2) is 22.2 Å². The molecule has 4 N–H and O–H groups in total. The Bertz CT molecular complexity index is 690. The van der Waals surface area contributed by atoms with E-state index in [-0.39, 0.29) is 20.3 Å². The number of carboxylic acids is 2. The summed E-state index contributed by atoms with van der Waals surface area (Å²) in [5.74, 6) is -1.75. The summed E-state index contributed by atoms with van der Waals surface area (Å²) in [6, 6.07) is 10.0. The lowest BCUT2D eigenvalue weighted by atomic mass is 10.1. The smallest absolute Gasteiger partial charge is 0.307 e. The van der Waals surface area contributed by atoms with Crippen molar-refractivity contribution in [2.45, 2.75) is 20.3 Å². The van der Waals surface area contributed by atoms with Crippen LogP contribution in [0.1, 0.15) is 18.6 Å². The van der Waals surface area contributed by atoms with Gasteiger partial charge in [-0.3, -0.25) is 9.59 Å². The van der Waals surface area contributed by atoms with Crippen LogP contribution in [0.5, 0.6) is 0 Å². The van der Waals surface area contributed by atoms with Crippen molar-refractivity contribution in [2.24, 2.45) is 0 Å². The van der Waals surface area contributed by atoms with E-state index in [0.29, 0.717) is 21.3 Å². The number of hydrogen-bond acceptors (Lipinski definition) is 3. The molecule has 0 radical (unpaired) electrons. The molecule has 0 aliphatic rings. The zero-order valence-electron chi connectivity index (χ0n) is 12.3. The monoisotopic (exact) mass is 497 g/mol. The van der Waals surface area contributed by atoms with Crippen molar-refractivity contribution < 1.29 is 19.8 Å². The third-order valence-electron chi connectivity index (χ3n) is 2.80. The van der Waals surface area contributed by atoms with E-state index in [1.165, 1.54) is 0 Å². The predicted molar refractivity (Wildman–Crippen MR) is 109 cm³/mol. The molecule has 0 atom stereocenters. The van der Waals surface area contributed by atoms with Crippen molar-refractivity contribution in [1.29, 1.82) is 0 Å². The highest BCUT2D eigenvalue weighted by Crippen LogP contribution is 2.19. The summed E-state index contributed by atoms with van der Waals surface area (Å²) >= 11 is 13.4. The second kappa shape index (κ2) is 11.2. The number of anilines is 1. The Kier molecular flexibility index (Phi) is 10.5. The fraction of sp³-hybridized carbons (Fsp3) is 0.176. The molecule has 0 spiro atoms. The molecule has 0 heterocycles. The van der Waals surface area contributed by atoms with Crippen molar-refractivity contribution in [3.63, 3.8) is 0 Å². The summed E-state index contributed by atoms with van der Waals surface area (Å²) in [7, 11) is 0. The van der Waals surface area contributed by atoms with Gasteiger partial charge in [0.25, 0.3) is 0 Å². The van der Waals surface area contributed by atoms with Gasteiger partial charge in [0.1, 0.15) is 0 Å². The second-order valence-corrected chi connectivity index (χ2v) is 6.75. The Morgan fingerprint density at radius 3 is 1.88 bits per heavy atom. The third-order valence-corrected chi connectivity index (χ3v) is 4.32. The Labute approximate surface area is 169 Å². The average molecular weight is 498 g/mol. The molecule has 0 aromatic heterocycles. The zero-order chi connectivity index (χ0) is 18.3. The van der Waals surface area contributed by atoms with E-state index >= 15 is 0 Å². The van der Waals surface area contributed by atoms with E-state index < -0.39 is 11.9 Å². The number of carboxylic acid groups (broad SMARTS) is 2. The predicted octanol–water partition coefficient (Wildman–Crippen LogP) is 4.76. The lowest BCUT2D eigenvalue weighted by molar-refractivity contribution is -0.137. The fourth-order valence-corrected chi connectivity index (χ4v) is 2.65. The molecule has 0 aliphatic carbocycles. The molecule has 8 heteroatoms. The first kappa shape index (κ1) is 23.5. The number of nitrogens with two attached hydrogens (primary N) is 1. The molecule has 2 aromatic carbocycles. The highest BCUT2D eigenvalue weighted by atomic mass is 127. The minimum absolute atomic E-state index is 0. The van der Waals surface area contributed by atoms with Crippen molar-refractivity contribution in [2.75, 3.05) is 5.73 Å². The molecule has 136 valence electrons. The van der Waals surface area contributed by atoms with Crippen LogP contribution in [0.2, 0.25) is 10.0 Å². The minimum atomic E-state index is -0.913. The van der Waals surface area contributed by atoms with Gasteiger partial charge in [-0.2, -0.15) is 0 Å². The fourth-order valence-electron chi connectivity index (χ4n) is 1.73. The Balaban J connectivity index is 0.000000443. The van der Waals surface area contributed by atoms with Crippen molar-refractivity contribution in [3.05, 3.63) is 61.1 Å². The van der Waals surface area contributed by atoms with Crippen LogP contribution in [0.15, 0.2) is 36.4 Å². The first-order valence-electron chi connectivity index (χ1n) is 6.60. The molecule has 25 heavy (non-hydrogen) atoms. The van der Waals surface area contributed by atoms with Gasteiger partial charge >= 0.3 is 11.9 Å². The maximum absolute atomic E-state index is 10.4. The minimum Gasteiger partial charge on any atom is -0.481 e. The van der Waals surface area contributed by atoms with Gasteiger partial charge in [0, 0.05) is 19.3 Å². The molecule has 0 saturated carbocycles. The van der Waals surface area contributed by atoms with Crippen molar-refractivity contribution >= 4 is 63.4 Å². The topological polar surface area (TPSA) is 101 Å². The van der Waals surface area contributed by atoms with E-state index in [1.807, 2.05) is 0 Å². The van der Waals surface area contributed by atoms with Crippen LogP contribution >= 0.6 is 45.8 Å². The van der Waals surface area contributed by atoms with Crippen LogP contribution in [-0.2, 0) is 22.4 Å². The molecule has 0 unspecified atom stereocenters. The van der Waals surface area contributed by atoms with E-state index in [1.54, 1.807) is 36.4 Å². The normalized spacial score (nSPS) is 9.40. The molecular weight excluding hydrogens is 480 g/mol. The van der Waals surface area contributed by atoms with E-state index in [4.69, 9.17) is 39.1 Å². The van der Waals surface area contributed by atoms with Crippen LogP contribution in [0.4, 0.5) is 5.69 Å². The molecular formula is C17H18Cl2INO4. The second-order valence-electron chi connectivity index (χ2n) is 4.72. The zero-order valence-corrected chi connectivity index (χ0v) is 16.0. The molecule has 2 rings (SSSR count). The molecule has 0 fully saturated rings. The highest BCUT2D eigenvalue weighted by molar-refractivity contribution is 14.1. The molecule has 0 bridgehead atoms. The third kappa shape index (κ3) is 8.94. The number of benzene rings is 2. The van der Waals surface area contributed by atoms with Crippen molar-refractivity contribution in [1.82, 2.24) is 0 Å². The van der Waals surface area contributed by atoms with Gasteiger partial charge in [-0.05, 0) is 70.1 Å². The summed E-state index contributed by atoms with van der Waals surface area (Å²) in [6.07, 6.45) is -0.0643. The number of aliphatic carboxylic acids is 2. The summed E-state index contributed by atoms with van der Waals surface area (Å²) < 4.78 is 0.930. The van der Waals surface area contributed by atoms with E-state index in [0.717, 1.165) is 9.13 Å². The Morgan fingerprint density at radius 2 is 1.36 bits per heavy atom. The standard InChI is InChI=1S/C8H6ClIO2.C8H8ClNO2.CH4/c2*9-6-1-2-7(10)5(3-6)4-8(11)12;/h1-3H,4H2,(H,11,12);1-3H,4,10H2,(H,11,12);1H4. The van der Waals surface area contributed by atoms with Gasteiger partial charge in [0.05, 0.1) is 12.8 Å². The number of rotatable bonds is 4. The van der Waals surface area contributed by atoms with Gasteiger partial charge in [-0.25, -0.2) is 0 Å². The first-order chi connectivity index (χ1) is 11.2. The summed E-state index contributed by atoms with van der Waals surface area (Å²) in [6.45, 7) is 0. The van der Waals surface area contributed by atoms with E-state index in [2.05, 4.69) is 22.6 Å². The quantitative estimate of drug-likeness (QED) is 0.417. The Morgan fingerprint density at radius 1 is 0.920 bits per heavy atom. The summed E-state index contributed by atoms with van der Waals surface area (Å²) in [5.41, 5.74) is 7.29. The number of hydrogen-bond donors (Lipinski definition) is 3. The maximum atomic E-state index is 10.4. The molecule has 2 aromatic rings. The largest absolute Gasteiger partial charge is 0.481 e. The lowest BCUT2D eigenvalue weighted by Crippen LogP contribution is -2.03. The van der Waals surface area contributed by atoms with Gasteiger partial charge in [0.15, 0.2) is 0 Å². The number of carbonyl (C=O) groups is 2. The van der Waals surface area contributed by atoms with Gasteiger partial charge in [0.2, 0.25) is 0 Å². The summed E-state index contributed by atoms with van der Waals surface area (Å²) in [4.78, 5) is 20.7. The molecule has 0 amide bonds. The summed E-state index contributed by atoms with van der Waals surface area (Å²) in [5, 5.41) is 18.1. The lowest BCUT2D eigenvalue weighted by Gasteiger charge is -2.02. The number of nitrogen functional groups attached to an aromatic ring is 1. The van der Waals surface area contributed by atoms with E-state index in [9.17, 15) is 9.59 Å². The molecule has 0 saturated heterocycles. The maximum Gasteiger partial charge on any atom is 0.307 e. The van der Waals surface area contributed by atoms with Gasteiger partial charge < -0.3 is 15.9 Å². The molecule has 5 nitrogen and oxygen atoms in total. The van der Waals surface area contributed by atoms with Crippen LogP contribution in [0, 0.1) is 3.57 Å². The average Bonchev–Trinajstić information content (AvgIpc) is 2.46. The SMILES string of the molecule is C.Nc1ccc(Cl)cc1CC(=O)O.O=C(O)Cc1cc(Cl)ccc1I. The van der Waals surface area contributed by atoms with Crippen LogP contribution in [0.3, 0.4) is 0 Å².